The van der Waals surface area contributed by atoms with Crippen molar-refractivity contribution in [2.24, 2.45) is 5.73 Å². The van der Waals surface area contributed by atoms with E-state index in [4.69, 9.17) is 18.0 Å². The topological polar surface area (TPSA) is 79.2 Å². The van der Waals surface area contributed by atoms with Gasteiger partial charge in [0.15, 0.2) is 5.43 Å². The number of carbonyl (C=O) groups excluding carboxylic acids is 1. The second kappa shape index (κ2) is 5.88. The van der Waals surface area contributed by atoms with E-state index in [2.05, 4.69) is 4.98 Å². The van der Waals surface area contributed by atoms with Crippen LogP contribution in [-0.2, 0) is 0 Å². The lowest BCUT2D eigenvalue weighted by molar-refractivity contribution is 0.0991. The fourth-order valence-electron chi connectivity index (χ4n) is 1.89. The molecule has 0 unspecified atom stereocenters. The summed E-state index contributed by atoms with van der Waals surface area (Å²) >= 11 is 4.88. The van der Waals surface area contributed by atoms with Gasteiger partial charge in [0.25, 0.3) is 5.91 Å². The fourth-order valence-corrected chi connectivity index (χ4v) is 2.02. The Kier molecular flexibility index (Phi) is 4.18. The maximum atomic E-state index is 12.4. The predicted octanol–water partition coefficient (Wildman–Crippen LogP) is 1.59. The quantitative estimate of drug-likeness (QED) is 0.844. The molecule has 0 aliphatic heterocycles. The first-order valence-electron chi connectivity index (χ1n) is 6.27. The summed E-state index contributed by atoms with van der Waals surface area (Å²) in [4.78, 5) is 28.8. The van der Waals surface area contributed by atoms with Gasteiger partial charge in [-0.1, -0.05) is 12.2 Å². The van der Waals surface area contributed by atoms with Crippen molar-refractivity contribution in [3.63, 3.8) is 0 Å². The zero-order valence-electron chi connectivity index (χ0n) is 11.7. The highest BCUT2D eigenvalue weighted by molar-refractivity contribution is 7.80. The molecule has 0 saturated heterocycles. The lowest BCUT2D eigenvalue weighted by atomic mass is 10.1. The molecule has 0 radical (unpaired) electrons. The lowest BCUT2D eigenvalue weighted by Gasteiger charge is -2.17. The summed E-state index contributed by atoms with van der Waals surface area (Å²) in [5, 5.41) is 0. The highest BCUT2D eigenvalue weighted by atomic mass is 32.1. The van der Waals surface area contributed by atoms with Gasteiger partial charge in [0.05, 0.1) is 0 Å². The van der Waals surface area contributed by atoms with Gasteiger partial charge in [0.1, 0.15) is 10.6 Å². The van der Waals surface area contributed by atoms with Crippen molar-refractivity contribution < 1.29 is 4.79 Å². The molecule has 2 aromatic rings. The molecule has 5 nitrogen and oxygen atoms in total. The number of benzene rings is 1. The third kappa shape index (κ3) is 3.17. The average molecular weight is 301 g/mol. The first-order chi connectivity index (χ1) is 9.90. The van der Waals surface area contributed by atoms with Crippen LogP contribution in [0.25, 0.3) is 0 Å². The number of nitrogens with zero attached hydrogens (tertiary/aromatic N) is 1. The Balaban J connectivity index is 2.30. The molecule has 0 bridgehead atoms. The van der Waals surface area contributed by atoms with E-state index in [9.17, 15) is 9.59 Å². The summed E-state index contributed by atoms with van der Waals surface area (Å²) < 4.78 is 0. The average Bonchev–Trinajstić information content (AvgIpc) is 2.46. The molecule has 0 aliphatic rings. The predicted molar refractivity (Wildman–Crippen MR) is 86.9 cm³/mol. The van der Waals surface area contributed by atoms with Crippen LogP contribution in [0.15, 0.2) is 41.3 Å². The Bertz CT molecular complexity index is 750. The van der Waals surface area contributed by atoms with Gasteiger partial charge in [-0.3, -0.25) is 9.59 Å². The number of aromatic nitrogens is 1. The number of pyridine rings is 1. The van der Waals surface area contributed by atoms with E-state index < -0.39 is 0 Å². The molecule has 1 aromatic carbocycles. The van der Waals surface area contributed by atoms with E-state index in [1.807, 2.05) is 0 Å². The third-order valence-corrected chi connectivity index (χ3v) is 3.37. The molecule has 2 rings (SSSR count). The molecule has 0 aliphatic carbocycles. The minimum absolute atomic E-state index is 0.0986. The van der Waals surface area contributed by atoms with Gasteiger partial charge < -0.3 is 15.6 Å². The van der Waals surface area contributed by atoms with Crippen LogP contribution < -0.4 is 16.1 Å². The van der Waals surface area contributed by atoms with Crippen molar-refractivity contribution in [1.29, 1.82) is 0 Å². The summed E-state index contributed by atoms with van der Waals surface area (Å²) in [6, 6.07) is 8.34. The van der Waals surface area contributed by atoms with Gasteiger partial charge in [0.2, 0.25) is 0 Å². The molecule has 0 saturated carbocycles. The van der Waals surface area contributed by atoms with Crippen LogP contribution in [0.4, 0.5) is 5.69 Å². The SMILES string of the molecule is Cc1cc(=O)c(C(=O)N(C)c2ccc(C(N)=S)cc2)c[nH]1. The number of H-pyrrole nitrogens is 1. The minimum atomic E-state index is -0.376. The van der Waals surface area contributed by atoms with Gasteiger partial charge in [-0.2, -0.15) is 0 Å². The monoisotopic (exact) mass is 301 g/mol. The summed E-state index contributed by atoms with van der Waals surface area (Å²) in [7, 11) is 1.61. The molecule has 0 fully saturated rings. The van der Waals surface area contributed by atoms with Gasteiger partial charge in [0, 0.05) is 36.3 Å². The number of amides is 1. The first-order valence-corrected chi connectivity index (χ1v) is 6.68. The fraction of sp³-hybridized carbons (Fsp3) is 0.133. The van der Waals surface area contributed by atoms with Crippen molar-refractivity contribution in [2.45, 2.75) is 6.92 Å². The van der Waals surface area contributed by atoms with Crippen LogP contribution in [0.1, 0.15) is 21.6 Å². The van der Waals surface area contributed by atoms with Crippen LogP contribution in [-0.4, -0.2) is 22.9 Å². The van der Waals surface area contributed by atoms with Crippen LogP contribution in [0.2, 0.25) is 0 Å². The van der Waals surface area contributed by atoms with Crippen LogP contribution >= 0.6 is 12.2 Å². The number of hydrogen-bond donors (Lipinski definition) is 2. The molecule has 21 heavy (non-hydrogen) atoms. The molecular formula is C15H15N3O2S. The Morgan fingerprint density at radius 2 is 1.90 bits per heavy atom. The summed E-state index contributed by atoms with van der Waals surface area (Å²) in [6.45, 7) is 1.76. The highest BCUT2D eigenvalue weighted by Gasteiger charge is 2.16. The Labute approximate surface area is 127 Å². The van der Waals surface area contributed by atoms with Crippen molar-refractivity contribution in [3.05, 3.63) is 63.6 Å². The molecule has 108 valence electrons. The molecular weight excluding hydrogens is 286 g/mol. The van der Waals surface area contributed by atoms with E-state index in [1.165, 1.54) is 17.2 Å². The maximum absolute atomic E-state index is 12.4. The normalized spacial score (nSPS) is 10.2. The van der Waals surface area contributed by atoms with Gasteiger partial charge in [-0.15, -0.1) is 0 Å². The number of aryl methyl sites for hydroxylation is 1. The number of aromatic amines is 1. The zero-order chi connectivity index (χ0) is 15.6. The molecule has 1 heterocycles. The summed E-state index contributed by atoms with van der Waals surface area (Å²) in [5.74, 6) is -0.376. The molecule has 0 atom stereocenters. The highest BCUT2D eigenvalue weighted by Crippen LogP contribution is 2.15. The number of hydrogen-bond acceptors (Lipinski definition) is 3. The molecule has 6 heteroatoms. The van der Waals surface area contributed by atoms with E-state index in [0.29, 0.717) is 16.4 Å². The van der Waals surface area contributed by atoms with Gasteiger partial charge >= 0.3 is 0 Å². The Morgan fingerprint density at radius 3 is 2.43 bits per heavy atom. The summed E-state index contributed by atoms with van der Waals surface area (Å²) in [5.41, 5.74) is 7.41. The van der Waals surface area contributed by atoms with Crippen molar-refractivity contribution in [2.75, 3.05) is 11.9 Å². The van der Waals surface area contributed by atoms with E-state index in [-0.39, 0.29) is 16.9 Å². The zero-order valence-corrected chi connectivity index (χ0v) is 12.5. The second-order valence-electron chi connectivity index (χ2n) is 4.67. The molecule has 3 N–H and O–H groups in total. The first kappa shape index (κ1) is 14.9. The Morgan fingerprint density at radius 1 is 1.29 bits per heavy atom. The van der Waals surface area contributed by atoms with Crippen molar-refractivity contribution >= 4 is 28.8 Å². The van der Waals surface area contributed by atoms with E-state index >= 15 is 0 Å². The largest absolute Gasteiger partial charge is 0.389 e. The van der Waals surface area contributed by atoms with Gasteiger partial charge in [-0.05, 0) is 31.2 Å². The van der Waals surface area contributed by atoms with E-state index in [0.717, 1.165) is 5.56 Å². The standard InChI is InChI=1S/C15H15N3O2S/c1-9-7-13(19)12(8-17-9)15(20)18(2)11-5-3-10(4-6-11)14(16)21/h3-8H,1-2H3,(H2,16,21)(H,17,19). The molecule has 1 aromatic heterocycles. The Hall–Kier alpha value is -2.47. The van der Waals surface area contributed by atoms with Crippen molar-refractivity contribution in [3.8, 4) is 0 Å². The smallest absolute Gasteiger partial charge is 0.263 e. The number of nitrogens with two attached hydrogens (primary N) is 1. The molecule has 1 amide bonds. The molecule has 0 spiro atoms. The number of rotatable bonds is 3. The number of thiocarbonyl (C=S) groups is 1. The van der Waals surface area contributed by atoms with Crippen LogP contribution in [0.3, 0.4) is 0 Å². The summed E-state index contributed by atoms with van der Waals surface area (Å²) in [6.07, 6.45) is 1.43. The number of nitrogens with one attached hydrogen (secondary N) is 1. The van der Waals surface area contributed by atoms with Crippen molar-refractivity contribution in [1.82, 2.24) is 4.98 Å². The minimum Gasteiger partial charge on any atom is -0.389 e. The van der Waals surface area contributed by atoms with Crippen LogP contribution in [0.5, 0.6) is 0 Å². The second-order valence-corrected chi connectivity index (χ2v) is 5.11. The lowest BCUT2D eigenvalue weighted by Crippen LogP contribution is -2.30. The van der Waals surface area contributed by atoms with E-state index in [1.54, 1.807) is 38.2 Å². The van der Waals surface area contributed by atoms with Crippen LogP contribution in [0, 0.1) is 6.92 Å². The van der Waals surface area contributed by atoms with Gasteiger partial charge in [-0.25, -0.2) is 0 Å². The number of anilines is 1. The third-order valence-electron chi connectivity index (χ3n) is 3.13. The maximum Gasteiger partial charge on any atom is 0.263 e. The number of carbonyl (C=O) groups is 1.